The Hall–Kier alpha value is -2.19. The third-order valence-electron chi connectivity index (χ3n) is 5.04. The standard InChI is InChI=1S/C17H16ClN5O3S2/c1-23-16(20)22-17(2-3-26-9-14(17)28(23,24)25)15-12(18)5-13(27-15)11-4-10(6-19)7-21-8-11/h4-5,7-8,14H,2-3,9H2,1H3,(H2,20,22). The number of aromatic nitrogens is 1. The highest BCUT2D eigenvalue weighted by atomic mass is 35.5. The predicted octanol–water partition coefficient (Wildman–Crippen LogP) is 1.91. The molecule has 0 aromatic carbocycles. The van der Waals surface area contributed by atoms with Crippen molar-refractivity contribution in [2.45, 2.75) is 17.2 Å². The lowest BCUT2D eigenvalue weighted by Gasteiger charge is -2.45. The third kappa shape index (κ3) is 2.78. The number of guanidine groups is 1. The van der Waals surface area contributed by atoms with Gasteiger partial charge in [0.25, 0.3) is 0 Å². The van der Waals surface area contributed by atoms with Crippen LogP contribution in [0.3, 0.4) is 0 Å². The van der Waals surface area contributed by atoms with Gasteiger partial charge >= 0.3 is 0 Å². The molecule has 4 rings (SSSR count). The highest BCUT2D eigenvalue weighted by Gasteiger charge is 2.56. The Morgan fingerprint density at radius 2 is 2.25 bits per heavy atom. The zero-order chi connectivity index (χ0) is 20.1. The Balaban J connectivity index is 1.90. The fraction of sp³-hybridized carbons (Fsp3) is 0.353. The minimum Gasteiger partial charge on any atom is -0.380 e. The van der Waals surface area contributed by atoms with E-state index >= 15 is 0 Å². The summed E-state index contributed by atoms with van der Waals surface area (Å²) in [6, 6.07) is 5.51. The van der Waals surface area contributed by atoms with Gasteiger partial charge in [-0.25, -0.2) is 17.7 Å². The summed E-state index contributed by atoms with van der Waals surface area (Å²) in [7, 11) is -2.37. The van der Waals surface area contributed by atoms with Crippen molar-refractivity contribution in [2.75, 3.05) is 20.3 Å². The number of ether oxygens (including phenoxy) is 1. The third-order valence-corrected chi connectivity index (χ3v) is 9.00. The summed E-state index contributed by atoms with van der Waals surface area (Å²) in [4.78, 5) is 10.1. The van der Waals surface area contributed by atoms with Crippen LogP contribution in [0.15, 0.2) is 29.5 Å². The van der Waals surface area contributed by atoms with E-state index in [0.717, 1.165) is 14.7 Å². The number of nitrogens with zero attached hydrogens (tertiary/aromatic N) is 4. The first-order valence-corrected chi connectivity index (χ1v) is 11.1. The number of halogens is 1. The number of nitrogens with two attached hydrogens (primary N) is 1. The van der Waals surface area contributed by atoms with Crippen molar-refractivity contribution in [1.82, 2.24) is 9.29 Å². The quantitative estimate of drug-likeness (QED) is 0.765. The molecule has 2 aliphatic rings. The molecule has 0 bridgehead atoms. The molecule has 8 nitrogen and oxygen atoms in total. The summed E-state index contributed by atoms with van der Waals surface area (Å²) in [5, 5.41) is 8.60. The molecule has 1 saturated heterocycles. The normalized spacial score (nSPS) is 26.2. The Labute approximate surface area is 171 Å². The maximum Gasteiger partial charge on any atom is 0.245 e. The van der Waals surface area contributed by atoms with Gasteiger partial charge in [0.2, 0.25) is 16.0 Å². The van der Waals surface area contributed by atoms with Crippen LogP contribution in [0.1, 0.15) is 16.9 Å². The first-order valence-electron chi connectivity index (χ1n) is 8.36. The summed E-state index contributed by atoms with van der Waals surface area (Å²) in [6.45, 7) is 0.361. The minimum absolute atomic E-state index is 0.0124. The average molecular weight is 438 g/mol. The van der Waals surface area contributed by atoms with Crippen LogP contribution < -0.4 is 5.73 Å². The Kier molecular flexibility index (Phi) is 4.58. The first kappa shape index (κ1) is 19.1. The lowest BCUT2D eigenvalue weighted by atomic mass is 9.88. The summed E-state index contributed by atoms with van der Waals surface area (Å²) in [5.41, 5.74) is 6.01. The predicted molar refractivity (Wildman–Crippen MR) is 106 cm³/mol. The number of rotatable bonds is 2. The number of sulfonamides is 1. The number of fused-ring (bicyclic) bond motifs is 1. The van der Waals surface area contributed by atoms with Crippen LogP contribution >= 0.6 is 22.9 Å². The molecule has 2 N–H and O–H groups in total. The molecule has 2 aromatic rings. The van der Waals surface area contributed by atoms with Gasteiger partial charge in [0.05, 0.1) is 22.1 Å². The topological polar surface area (TPSA) is 122 Å². The van der Waals surface area contributed by atoms with Gasteiger partial charge < -0.3 is 10.5 Å². The maximum absolute atomic E-state index is 13.0. The van der Waals surface area contributed by atoms with Crippen LogP contribution in [0.4, 0.5) is 0 Å². The van der Waals surface area contributed by atoms with E-state index in [1.54, 1.807) is 18.3 Å². The lowest BCUT2D eigenvalue weighted by molar-refractivity contribution is 0.0545. The Morgan fingerprint density at radius 1 is 1.46 bits per heavy atom. The van der Waals surface area contributed by atoms with E-state index in [1.165, 1.54) is 24.6 Å². The Bertz CT molecular complexity index is 1120. The molecule has 0 saturated carbocycles. The number of hydrogen-bond donors (Lipinski definition) is 1. The maximum atomic E-state index is 13.0. The highest BCUT2D eigenvalue weighted by molar-refractivity contribution is 7.90. The monoisotopic (exact) mass is 437 g/mol. The molecule has 4 heterocycles. The van der Waals surface area contributed by atoms with E-state index in [-0.39, 0.29) is 12.6 Å². The molecule has 11 heteroatoms. The molecule has 146 valence electrons. The van der Waals surface area contributed by atoms with E-state index in [0.29, 0.717) is 28.5 Å². The average Bonchev–Trinajstić information content (AvgIpc) is 3.09. The van der Waals surface area contributed by atoms with Crippen molar-refractivity contribution in [2.24, 2.45) is 10.7 Å². The van der Waals surface area contributed by atoms with Gasteiger partial charge in [0, 0.05) is 42.9 Å². The summed E-state index contributed by atoms with van der Waals surface area (Å²) in [5.74, 6) is -0.0719. The summed E-state index contributed by atoms with van der Waals surface area (Å²) < 4.78 is 32.5. The zero-order valence-corrected chi connectivity index (χ0v) is 17.2. The molecule has 2 aliphatic heterocycles. The summed E-state index contributed by atoms with van der Waals surface area (Å²) in [6.07, 6.45) is 3.46. The molecule has 2 aromatic heterocycles. The number of pyridine rings is 1. The second kappa shape index (κ2) is 6.70. The summed E-state index contributed by atoms with van der Waals surface area (Å²) >= 11 is 7.90. The number of thiophene rings is 1. The molecular weight excluding hydrogens is 422 g/mol. The van der Waals surface area contributed by atoms with Crippen LogP contribution in [0.5, 0.6) is 0 Å². The van der Waals surface area contributed by atoms with Crippen molar-refractivity contribution in [3.8, 4) is 16.5 Å². The molecule has 0 radical (unpaired) electrons. The van der Waals surface area contributed by atoms with Crippen molar-refractivity contribution in [1.29, 1.82) is 5.26 Å². The molecular formula is C17H16ClN5O3S2. The van der Waals surface area contributed by atoms with Crippen molar-refractivity contribution >= 4 is 38.9 Å². The SMILES string of the molecule is CN1C(N)=NC2(c3sc(-c4cncc(C#N)c4)cc3Cl)CCOCC2S1(=O)=O. The van der Waals surface area contributed by atoms with Gasteiger partial charge in [0.15, 0.2) is 0 Å². The molecule has 28 heavy (non-hydrogen) atoms. The number of hydrogen-bond acceptors (Lipinski definition) is 8. The van der Waals surface area contributed by atoms with Gasteiger partial charge in [0.1, 0.15) is 16.9 Å². The van der Waals surface area contributed by atoms with Crippen molar-refractivity contribution in [3.63, 3.8) is 0 Å². The van der Waals surface area contributed by atoms with Crippen LogP contribution in [0, 0.1) is 11.3 Å². The van der Waals surface area contributed by atoms with Gasteiger partial charge in [-0.05, 0) is 12.1 Å². The molecule has 0 aliphatic carbocycles. The smallest absolute Gasteiger partial charge is 0.245 e. The number of nitriles is 1. The van der Waals surface area contributed by atoms with Gasteiger partial charge in [-0.3, -0.25) is 4.98 Å². The van der Waals surface area contributed by atoms with Gasteiger partial charge in [-0.15, -0.1) is 11.3 Å². The lowest BCUT2D eigenvalue weighted by Crippen LogP contribution is -2.60. The van der Waals surface area contributed by atoms with Crippen LogP contribution in [0.25, 0.3) is 10.4 Å². The molecule has 1 fully saturated rings. The minimum atomic E-state index is -3.76. The molecule has 2 unspecified atom stereocenters. The van der Waals surface area contributed by atoms with Crippen LogP contribution in [0.2, 0.25) is 5.02 Å². The molecule has 2 atom stereocenters. The van der Waals surface area contributed by atoms with E-state index in [2.05, 4.69) is 16.0 Å². The van der Waals surface area contributed by atoms with Crippen molar-refractivity contribution in [3.05, 3.63) is 40.0 Å². The van der Waals surface area contributed by atoms with Crippen LogP contribution in [-0.2, 0) is 20.3 Å². The Morgan fingerprint density at radius 3 is 3.00 bits per heavy atom. The van der Waals surface area contributed by atoms with E-state index in [9.17, 15) is 8.42 Å². The highest BCUT2D eigenvalue weighted by Crippen LogP contribution is 2.50. The fourth-order valence-electron chi connectivity index (χ4n) is 3.53. The van der Waals surface area contributed by atoms with Crippen LogP contribution in [-0.4, -0.2) is 49.2 Å². The van der Waals surface area contributed by atoms with Gasteiger partial charge in [-0.1, -0.05) is 11.6 Å². The van der Waals surface area contributed by atoms with E-state index in [4.69, 9.17) is 27.3 Å². The zero-order valence-electron chi connectivity index (χ0n) is 14.8. The first-order chi connectivity index (χ1) is 13.3. The van der Waals surface area contributed by atoms with Gasteiger partial charge in [-0.2, -0.15) is 5.26 Å². The van der Waals surface area contributed by atoms with Crippen molar-refractivity contribution < 1.29 is 13.2 Å². The molecule has 0 amide bonds. The largest absolute Gasteiger partial charge is 0.380 e. The van der Waals surface area contributed by atoms with E-state index < -0.39 is 20.8 Å². The second-order valence-electron chi connectivity index (χ2n) is 6.58. The fourth-order valence-corrected chi connectivity index (χ4v) is 7.04. The van der Waals surface area contributed by atoms with E-state index in [1.807, 2.05) is 0 Å². The number of aliphatic imine (C=N–C) groups is 1. The molecule has 0 spiro atoms. The second-order valence-corrected chi connectivity index (χ2v) is 10.2.